The fourth-order valence-corrected chi connectivity index (χ4v) is 2.29. The second-order valence-electron chi connectivity index (χ2n) is 5.32. The summed E-state index contributed by atoms with van der Waals surface area (Å²) in [6.45, 7) is 1.58. The third kappa shape index (κ3) is 5.09. The average Bonchev–Trinajstić information content (AvgIpc) is 2.58. The van der Waals surface area contributed by atoms with Crippen LogP contribution in [-0.2, 0) is 11.0 Å². The number of hydrogen-bond donors (Lipinski definition) is 3. The third-order valence-electron chi connectivity index (χ3n) is 3.56. The molecule has 1 aliphatic heterocycles. The van der Waals surface area contributed by atoms with Gasteiger partial charge in [-0.05, 0) is 25.1 Å². The van der Waals surface area contributed by atoms with Crippen molar-refractivity contribution in [1.82, 2.24) is 16.0 Å². The van der Waals surface area contributed by atoms with Crippen LogP contribution < -0.4 is 16.0 Å². The van der Waals surface area contributed by atoms with Crippen molar-refractivity contribution in [3.63, 3.8) is 0 Å². The van der Waals surface area contributed by atoms with Crippen LogP contribution in [0.15, 0.2) is 35.9 Å². The van der Waals surface area contributed by atoms with Gasteiger partial charge in [0.1, 0.15) is 0 Å². The molecule has 0 atom stereocenters. The Morgan fingerprint density at radius 2 is 1.92 bits per heavy atom. The van der Waals surface area contributed by atoms with Crippen molar-refractivity contribution in [3.05, 3.63) is 47.0 Å². The molecule has 130 valence electrons. The van der Waals surface area contributed by atoms with Gasteiger partial charge in [0.05, 0.1) is 17.7 Å². The lowest BCUT2D eigenvalue weighted by atomic mass is 10.1. The van der Waals surface area contributed by atoms with E-state index in [1.807, 2.05) is 6.08 Å². The average molecular weight is 341 g/mol. The van der Waals surface area contributed by atoms with Crippen molar-refractivity contribution in [2.75, 3.05) is 26.2 Å². The van der Waals surface area contributed by atoms with Gasteiger partial charge >= 0.3 is 6.18 Å². The molecule has 0 saturated heterocycles. The molecule has 0 spiro atoms. The third-order valence-corrected chi connectivity index (χ3v) is 3.56. The van der Waals surface area contributed by atoms with Gasteiger partial charge in [0.15, 0.2) is 0 Å². The molecule has 1 aromatic rings. The molecule has 0 bridgehead atoms. The number of benzene rings is 1. The molecule has 0 aromatic heterocycles. The van der Waals surface area contributed by atoms with Gasteiger partial charge in [-0.15, -0.1) is 0 Å². The van der Waals surface area contributed by atoms with E-state index in [4.69, 9.17) is 0 Å². The van der Waals surface area contributed by atoms with Crippen molar-refractivity contribution < 1.29 is 22.8 Å². The normalized spacial score (nSPS) is 14.7. The number of hydrogen-bond acceptors (Lipinski definition) is 3. The summed E-state index contributed by atoms with van der Waals surface area (Å²) in [5.41, 5.74) is -0.447. The van der Waals surface area contributed by atoms with Crippen molar-refractivity contribution in [2.45, 2.75) is 12.6 Å². The highest BCUT2D eigenvalue weighted by atomic mass is 19.4. The summed E-state index contributed by atoms with van der Waals surface area (Å²) >= 11 is 0. The Balaban J connectivity index is 1.87. The molecule has 1 aliphatic rings. The molecular formula is C16H18F3N3O2. The quantitative estimate of drug-likeness (QED) is 0.711. The van der Waals surface area contributed by atoms with E-state index in [-0.39, 0.29) is 6.54 Å². The minimum atomic E-state index is -4.63. The standard InChI is InChI=1S/C16H18F3N3O2/c17-16(18,19)13-4-2-1-3-12(13)15(24)22-10-14(23)21-9-11-5-7-20-8-6-11/h1-5,20H,6-10H2,(H,21,23)(H,22,24). The predicted octanol–water partition coefficient (Wildman–Crippen LogP) is 1.47. The fourth-order valence-electron chi connectivity index (χ4n) is 2.29. The molecule has 8 heteroatoms. The maximum atomic E-state index is 12.9. The summed E-state index contributed by atoms with van der Waals surface area (Å²) < 4.78 is 38.6. The van der Waals surface area contributed by atoms with E-state index in [0.29, 0.717) is 6.54 Å². The van der Waals surface area contributed by atoms with Crippen molar-refractivity contribution in [1.29, 1.82) is 0 Å². The Labute approximate surface area is 137 Å². The molecule has 0 unspecified atom stereocenters. The molecule has 0 aliphatic carbocycles. The first-order valence-corrected chi connectivity index (χ1v) is 7.47. The van der Waals surface area contributed by atoms with Gasteiger partial charge in [-0.1, -0.05) is 23.8 Å². The maximum Gasteiger partial charge on any atom is 0.417 e. The zero-order valence-electron chi connectivity index (χ0n) is 12.9. The Morgan fingerprint density at radius 3 is 2.58 bits per heavy atom. The zero-order chi connectivity index (χ0) is 17.6. The van der Waals surface area contributed by atoms with Crippen molar-refractivity contribution in [2.24, 2.45) is 0 Å². The largest absolute Gasteiger partial charge is 0.417 e. The number of halogens is 3. The summed E-state index contributed by atoms with van der Waals surface area (Å²) in [6.07, 6.45) is -1.83. The van der Waals surface area contributed by atoms with E-state index in [1.165, 1.54) is 12.1 Å². The van der Waals surface area contributed by atoms with Crippen LogP contribution in [0.4, 0.5) is 13.2 Å². The minimum absolute atomic E-state index is 0.371. The molecule has 24 heavy (non-hydrogen) atoms. The monoisotopic (exact) mass is 341 g/mol. The molecule has 2 rings (SSSR count). The number of carbonyl (C=O) groups is 2. The first kappa shape index (κ1) is 18.0. The Hall–Kier alpha value is -2.35. The summed E-state index contributed by atoms with van der Waals surface area (Å²) in [7, 11) is 0. The van der Waals surface area contributed by atoms with E-state index < -0.39 is 29.1 Å². The van der Waals surface area contributed by atoms with Gasteiger partial charge in [-0.25, -0.2) is 0 Å². The van der Waals surface area contributed by atoms with Crippen LogP contribution in [0.2, 0.25) is 0 Å². The van der Waals surface area contributed by atoms with Crippen molar-refractivity contribution in [3.8, 4) is 0 Å². The van der Waals surface area contributed by atoms with Crippen LogP contribution in [0.5, 0.6) is 0 Å². The van der Waals surface area contributed by atoms with Crippen LogP contribution in [0.25, 0.3) is 0 Å². The fraction of sp³-hybridized carbons (Fsp3) is 0.375. The van der Waals surface area contributed by atoms with Gasteiger partial charge < -0.3 is 16.0 Å². The Bertz CT molecular complexity index is 642. The zero-order valence-corrected chi connectivity index (χ0v) is 12.9. The molecular weight excluding hydrogens is 323 g/mol. The number of alkyl halides is 3. The smallest absolute Gasteiger partial charge is 0.351 e. The van der Waals surface area contributed by atoms with Crippen LogP contribution in [0.3, 0.4) is 0 Å². The number of amides is 2. The van der Waals surface area contributed by atoms with Crippen LogP contribution in [0, 0.1) is 0 Å². The van der Waals surface area contributed by atoms with Gasteiger partial charge in [-0.3, -0.25) is 9.59 Å². The van der Waals surface area contributed by atoms with E-state index in [0.717, 1.165) is 37.2 Å². The second kappa shape index (κ2) is 7.96. The lowest BCUT2D eigenvalue weighted by molar-refractivity contribution is -0.137. The topological polar surface area (TPSA) is 70.2 Å². The molecule has 0 radical (unpaired) electrons. The summed E-state index contributed by atoms with van der Waals surface area (Å²) in [5, 5.41) is 7.99. The first-order valence-electron chi connectivity index (χ1n) is 7.47. The molecule has 2 amide bonds. The summed E-state index contributed by atoms with van der Waals surface area (Å²) in [5.74, 6) is -1.38. The molecule has 0 fully saturated rings. The Morgan fingerprint density at radius 1 is 1.17 bits per heavy atom. The molecule has 0 saturated carbocycles. The van der Waals surface area contributed by atoms with E-state index in [1.54, 1.807) is 0 Å². The summed E-state index contributed by atoms with van der Waals surface area (Å²) in [6, 6.07) is 4.46. The maximum absolute atomic E-state index is 12.9. The van der Waals surface area contributed by atoms with Crippen molar-refractivity contribution >= 4 is 11.8 Å². The van der Waals surface area contributed by atoms with E-state index >= 15 is 0 Å². The van der Waals surface area contributed by atoms with Gasteiger partial charge in [0.25, 0.3) is 5.91 Å². The van der Waals surface area contributed by atoms with Crippen LogP contribution in [-0.4, -0.2) is 38.0 Å². The van der Waals surface area contributed by atoms with Gasteiger partial charge in [0, 0.05) is 13.1 Å². The lowest BCUT2D eigenvalue weighted by Gasteiger charge is -2.15. The molecule has 1 aromatic carbocycles. The van der Waals surface area contributed by atoms with Crippen LogP contribution >= 0.6 is 0 Å². The highest BCUT2D eigenvalue weighted by Crippen LogP contribution is 2.31. The molecule has 5 nitrogen and oxygen atoms in total. The highest BCUT2D eigenvalue weighted by Gasteiger charge is 2.34. The van der Waals surface area contributed by atoms with E-state index in [2.05, 4.69) is 16.0 Å². The van der Waals surface area contributed by atoms with Crippen LogP contribution in [0.1, 0.15) is 22.3 Å². The second-order valence-corrected chi connectivity index (χ2v) is 5.32. The number of nitrogens with one attached hydrogen (secondary N) is 3. The van der Waals surface area contributed by atoms with Gasteiger partial charge in [-0.2, -0.15) is 13.2 Å². The number of rotatable bonds is 5. The summed E-state index contributed by atoms with van der Waals surface area (Å²) in [4.78, 5) is 23.6. The lowest BCUT2D eigenvalue weighted by Crippen LogP contribution is -2.38. The highest BCUT2D eigenvalue weighted by molar-refractivity contribution is 5.97. The molecule has 3 N–H and O–H groups in total. The molecule has 1 heterocycles. The van der Waals surface area contributed by atoms with Gasteiger partial charge in [0.2, 0.25) is 5.91 Å². The Kier molecular flexibility index (Phi) is 5.97. The minimum Gasteiger partial charge on any atom is -0.351 e. The predicted molar refractivity (Wildman–Crippen MR) is 82.4 cm³/mol. The number of carbonyl (C=O) groups excluding carboxylic acids is 2. The first-order chi connectivity index (χ1) is 11.4. The SMILES string of the molecule is O=C(CNC(=O)c1ccccc1C(F)(F)F)NCC1=CCNCC1. The van der Waals surface area contributed by atoms with E-state index in [9.17, 15) is 22.8 Å².